The van der Waals surface area contributed by atoms with Gasteiger partial charge in [0.25, 0.3) is 0 Å². The summed E-state index contributed by atoms with van der Waals surface area (Å²) in [6.45, 7) is 5.44. The molecule has 0 aliphatic carbocycles. The van der Waals surface area contributed by atoms with E-state index in [0.29, 0.717) is 6.29 Å². The van der Waals surface area contributed by atoms with Gasteiger partial charge in [0.15, 0.2) is 0 Å². The minimum absolute atomic E-state index is 0.0195. The van der Waals surface area contributed by atoms with Crippen molar-refractivity contribution in [2.24, 2.45) is 0 Å². The Bertz CT molecular complexity index is 326. The highest BCUT2D eigenvalue weighted by Gasteiger charge is 1.97. The van der Waals surface area contributed by atoms with Crippen LogP contribution in [0.2, 0.25) is 0 Å². The normalized spacial score (nSPS) is 12.7. The van der Waals surface area contributed by atoms with Crippen LogP contribution < -0.4 is 0 Å². The lowest BCUT2D eigenvalue weighted by atomic mass is 10.1. The van der Waals surface area contributed by atoms with Crippen molar-refractivity contribution in [1.82, 2.24) is 0 Å². The molecular formula is C13H17FO. The van der Waals surface area contributed by atoms with Crippen LogP contribution in [0.1, 0.15) is 40.0 Å². The number of allylic oxidation sites excluding steroid dienone is 4. The minimum Gasteiger partial charge on any atom is -0.298 e. The molecule has 0 spiro atoms. The highest BCUT2D eigenvalue weighted by atomic mass is 19.1. The van der Waals surface area contributed by atoms with Crippen molar-refractivity contribution in [3.05, 3.63) is 23.0 Å². The second-order valence-electron chi connectivity index (χ2n) is 3.25. The van der Waals surface area contributed by atoms with E-state index >= 15 is 0 Å². The van der Waals surface area contributed by atoms with Crippen LogP contribution in [-0.4, -0.2) is 6.29 Å². The van der Waals surface area contributed by atoms with E-state index in [1.54, 1.807) is 0 Å². The van der Waals surface area contributed by atoms with Gasteiger partial charge in [-0.15, -0.1) is 0 Å². The van der Waals surface area contributed by atoms with Gasteiger partial charge >= 0.3 is 0 Å². The molecule has 0 radical (unpaired) electrons. The maximum atomic E-state index is 13.1. The second kappa shape index (κ2) is 7.99. The predicted molar refractivity (Wildman–Crippen MR) is 60.9 cm³/mol. The molecule has 0 rings (SSSR count). The molecule has 0 atom stereocenters. The van der Waals surface area contributed by atoms with Gasteiger partial charge in [0.05, 0.1) is 6.42 Å². The molecule has 0 aromatic carbocycles. The number of aldehydes is 1. The van der Waals surface area contributed by atoms with Crippen molar-refractivity contribution in [3.8, 4) is 11.8 Å². The number of rotatable bonds is 4. The summed E-state index contributed by atoms with van der Waals surface area (Å²) in [7, 11) is 0. The third kappa shape index (κ3) is 5.85. The van der Waals surface area contributed by atoms with Crippen molar-refractivity contribution >= 4 is 6.29 Å². The van der Waals surface area contributed by atoms with E-state index in [-0.39, 0.29) is 12.0 Å². The molecule has 0 saturated heterocycles. The van der Waals surface area contributed by atoms with Crippen molar-refractivity contribution in [2.45, 2.75) is 40.0 Å². The molecule has 82 valence electrons. The summed E-state index contributed by atoms with van der Waals surface area (Å²) in [5, 5.41) is 0. The van der Waals surface area contributed by atoms with Gasteiger partial charge in [-0.3, -0.25) is 4.79 Å². The van der Waals surface area contributed by atoms with Crippen LogP contribution in [0.15, 0.2) is 23.0 Å². The first-order valence-corrected chi connectivity index (χ1v) is 5.10. The van der Waals surface area contributed by atoms with Gasteiger partial charge in [0, 0.05) is 5.57 Å². The zero-order valence-electron chi connectivity index (χ0n) is 9.56. The Morgan fingerprint density at radius 2 is 2.13 bits per heavy atom. The molecule has 0 aliphatic rings. The van der Waals surface area contributed by atoms with Crippen LogP contribution >= 0.6 is 0 Å². The third-order valence-corrected chi connectivity index (χ3v) is 1.96. The maximum Gasteiger partial charge on any atom is 0.148 e. The van der Waals surface area contributed by atoms with Crippen LogP contribution in [0.4, 0.5) is 4.39 Å². The summed E-state index contributed by atoms with van der Waals surface area (Å²) < 4.78 is 13.1. The van der Waals surface area contributed by atoms with Gasteiger partial charge in [-0.25, -0.2) is 4.39 Å². The maximum absolute atomic E-state index is 13.1. The second-order valence-corrected chi connectivity index (χ2v) is 3.25. The Morgan fingerprint density at radius 3 is 2.60 bits per heavy atom. The van der Waals surface area contributed by atoms with Crippen LogP contribution in [0.25, 0.3) is 0 Å². The summed E-state index contributed by atoms with van der Waals surface area (Å²) >= 11 is 0. The monoisotopic (exact) mass is 208 g/mol. The highest BCUT2D eigenvalue weighted by Crippen LogP contribution is 2.08. The topological polar surface area (TPSA) is 17.1 Å². The van der Waals surface area contributed by atoms with E-state index in [4.69, 9.17) is 0 Å². The van der Waals surface area contributed by atoms with Crippen LogP contribution in [-0.2, 0) is 4.79 Å². The lowest BCUT2D eigenvalue weighted by Gasteiger charge is -1.94. The summed E-state index contributed by atoms with van der Waals surface area (Å²) in [4.78, 5) is 10.2. The number of carbonyl (C=O) groups is 1. The first-order valence-electron chi connectivity index (χ1n) is 5.10. The SMILES string of the molecule is C/C=C(\C#CC/C(F)=C(\C)C=O)CCC. The molecule has 0 aliphatic heterocycles. The fraction of sp³-hybridized carbons (Fsp3) is 0.462. The van der Waals surface area contributed by atoms with E-state index < -0.39 is 5.83 Å². The average Bonchev–Trinajstić information content (AvgIpc) is 2.26. The van der Waals surface area contributed by atoms with Crippen LogP contribution in [0.5, 0.6) is 0 Å². The molecule has 0 amide bonds. The van der Waals surface area contributed by atoms with E-state index in [2.05, 4.69) is 18.8 Å². The van der Waals surface area contributed by atoms with Crippen molar-refractivity contribution in [2.75, 3.05) is 0 Å². The molecular weight excluding hydrogens is 191 g/mol. The molecule has 0 aromatic rings. The lowest BCUT2D eigenvalue weighted by Crippen LogP contribution is -1.83. The largest absolute Gasteiger partial charge is 0.298 e. The summed E-state index contributed by atoms with van der Waals surface area (Å²) in [5.74, 6) is 5.19. The molecule has 0 aromatic heterocycles. The summed E-state index contributed by atoms with van der Waals surface area (Å²) in [6, 6.07) is 0. The van der Waals surface area contributed by atoms with Crippen LogP contribution in [0.3, 0.4) is 0 Å². The fourth-order valence-electron chi connectivity index (χ4n) is 0.987. The number of hydrogen-bond donors (Lipinski definition) is 0. The molecule has 0 bridgehead atoms. The zero-order valence-corrected chi connectivity index (χ0v) is 9.56. The van der Waals surface area contributed by atoms with E-state index in [0.717, 1.165) is 18.4 Å². The first kappa shape index (κ1) is 13.6. The zero-order chi connectivity index (χ0) is 11.7. The first-order chi connectivity index (χ1) is 7.15. The molecule has 0 fully saturated rings. The number of carbonyl (C=O) groups excluding carboxylic acids is 1. The fourth-order valence-corrected chi connectivity index (χ4v) is 0.987. The van der Waals surface area contributed by atoms with Gasteiger partial charge in [-0.1, -0.05) is 31.3 Å². The molecule has 15 heavy (non-hydrogen) atoms. The predicted octanol–water partition coefficient (Wildman–Crippen LogP) is 3.57. The van der Waals surface area contributed by atoms with Crippen molar-refractivity contribution < 1.29 is 9.18 Å². The smallest absolute Gasteiger partial charge is 0.148 e. The van der Waals surface area contributed by atoms with E-state index in [1.165, 1.54) is 6.92 Å². The van der Waals surface area contributed by atoms with Crippen molar-refractivity contribution in [1.29, 1.82) is 0 Å². The molecule has 2 heteroatoms. The minimum atomic E-state index is -0.440. The Kier molecular flexibility index (Phi) is 7.27. The van der Waals surface area contributed by atoms with E-state index in [1.807, 2.05) is 13.0 Å². The summed E-state index contributed by atoms with van der Waals surface area (Å²) in [5.41, 5.74) is 1.15. The van der Waals surface area contributed by atoms with Gasteiger partial charge in [-0.2, -0.15) is 0 Å². The molecule has 0 N–H and O–H groups in total. The van der Waals surface area contributed by atoms with Gasteiger partial charge in [-0.05, 0) is 25.8 Å². The Labute approximate surface area is 91.1 Å². The lowest BCUT2D eigenvalue weighted by molar-refractivity contribution is -0.105. The molecule has 0 heterocycles. The standard InChI is InChI=1S/C13H17FO/c1-4-7-12(5-2)8-6-9-13(14)11(3)10-15/h5,10H,4,7,9H2,1-3H3/b12-5-,13-11-. The Morgan fingerprint density at radius 1 is 1.47 bits per heavy atom. The Hall–Kier alpha value is -1.36. The summed E-state index contributed by atoms with van der Waals surface area (Å²) in [6.07, 6.45) is 4.41. The van der Waals surface area contributed by atoms with Crippen LogP contribution in [0, 0.1) is 11.8 Å². The molecule has 1 nitrogen and oxygen atoms in total. The molecule has 0 unspecified atom stereocenters. The van der Waals surface area contributed by atoms with E-state index in [9.17, 15) is 9.18 Å². The highest BCUT2D eigenvalue weighted by molar-refractivity contribution is 5.73. The van der Waals surface area contributed by atoms with Gasteiger partial charge < -0.3 is 0 Å². The average molecular weight is 208 g/mol. The quantitative estimate of drug-likeness (QED) is 0.392. The Balaban J connectivity index is 4.38. The number of halogens is 1. The van der Waals surface area contributed by atoms with Gasteiger partial charge in [0.1, 0.15) is 12.1 Å². The van der Waals surface area contributed by atoms with Crippen molar-refractivity contribution in [3.63, 3.8) is 0 Å². The number of hydrogen-bond acceptors (Lipinski definition) is 1. The molecule has 0 saturated carbocycles. The third-order valence-electron chi connectivity index (χ3n) is 1.96. The van der Waals surface area contributed by atoms with Gasteiger partial charge in [0.2, 0.25) is 0 Å².